The van der Waals surface area contributed by atoms with Gasteiger partial charge < -0.3 is 4.90 Å². The summed E-state index contributed by atoms with van der Waals surface area (Å²) >= 11 is 7.43. The molecule has 3 aromatic carbocycles. The van der Waals surface area contributed by atoms with Crippen molar-refractivity contribution in [1.82, 2.24) is 14.8 Å². The van der Waals surface area contributed by atoms with E-state index in [-0.39, 0.29) is 23.8 Å². The van der Waals surface area contributed by atoms with Crippen molar-refractivity contribution in [3.63, 3.8) is 0 Å². The van der Waals surface area contributed by atoms with Crippen LogP contribution in [-0.4, -0.2) is 52.8 Å². The molecule has 2 heterocycles. The molecular weight excluding hydrogens is 540 g/mol. The van der Waals surface area contributed by atoms with Crippen LogP contribution in [0.1, 0.15) is 56.9 Å². The first-order valence-corrected chi connectivity index (χ1v) is 15.0. The van der Waals surface area contributed by atoms with E-state index in [1.54, 1.807) is 24.3 Å². The van der Waals surface area contributed by atoms with Crippen LogP contribution in [0.4, 0.5) is 5.13 Å². The Hall–Kier alpha value is -3.52. The number of fused-ring (bicyclic) bond motifs is 1. The van der Waals surface area contributed by atoms with Crippen LogP contribution in [0.25, 0.3) is 0 Å². The minimum absolute atomic E-state index is 0.150. The van der Waals surface area contributed by atoms with E-state index < -0.39 is 0 Å². The molecule has 40 heavy (non-hydrogen) atoms. The predicted octanol–water partition coefficient (Wildman–Crippen LogP) is 6.40. The fraction of sp³-hybridized carbons (Fsp3) is 0.281. The standard InChI is InChI=1S/C32H31ClN4O2S/c33-25-16-14-24(15-17-25)30(38)35-32-34-28-26(12-7-13-27(28)40-32)31(39)37-20-18-36(19-21-37)29(22-8-3-1-4-9-22)23-10-5-2-6-11-23/h1-6,8-11,14-17,26,29H,7,12-13,18-21H2,(H,34,35,38). The lowest BCUT2D eigenvalue weighted by Gasteiger charge is -2.41. The monoisotopic (exact) mass is 570 g/mol. The normalized spacial score (nSPS) is 17.4. The fourth-order valence-corrected chi connectivity index (χ4v) is 6.97. The number of aryl methyl sites for hydroxylation is 1. The predicted molar refractivity (Wildman–Crippen MR) is 160 cm³/mol. The van der Waals surface area contributed by atoms with Gasteiger partial charge in [0.05, 0.1) is 17.7 Å². The average Bonchev–Trinajstić information content (AvgIpc) is 3.41. The van der Waals surface area contributed by atoms with E-state index in [1.165, 1.54) is 22.5 Å². The van der Waals surface area contributed by atoms with Crippen LogP contribution in [0.3, 0.4) is 0 Å². The van der Waals surface area contributed by atoms with E-state index >= 15 is 0 Å². The van der Waals surface area contributed by atoms with Crippen LogP contribution >= 0.6 is 22.9 Å². The van der Waals surface area contributed by atoms with Crippen LogP contribution in [0.5, 0.6) is 0 Å². The number of nitrogens with one attached hydrogen (secondary N) is 1. The summed E-state index contributed by atoms with van der Waals surface area (Å²) < 4.78 is 0. The molecule has 2 amide bonds. The van der Waals surface area contributed by atoms with Gasteiger partial charge >= 0.3 is 0 Å². The van der Waals surface area contributed by atoms with Crippen molar-refractivity contribution >= 4 is 39.9 Å². The highest BCUT2D eigenvalue weighted by atomic mass is 35.5. The summed E-state index contributed by atoms with van der Waals surface area (Å²) in [7, 11) is 0. The number of hydrogen-bond acceptors (Lipinski definition) is 5. The van der Waals surface area contributed by atoms with Crippen molar-refractivity contribution in [2.24, 2.45) is 0 Å². The summed E-state index contributed by atoms with van der Waals surface area (Å²) in [6, 6.07) is 28.1. The first-order chi connectivity index (χ1) is 19.6. The highest BCUT2D eigenvalue weighted by Gasteiger charge is 2.35. The summed E-state index contributed by atoms with van der Waals surface area (Å²) in [6.45, 7) is 2.98. The molecule has 1 fully saturated rings. The summed E-state index contributed by atoms with van der Waals surface area (Å²) in [5.41, 5.74) is 3.89. The van der Waals surface area contributed by atoms with Gasteiger partial charge in [0.15, 0.2) is 5.13 Å². The third-order valence-electron chi connectivity index (χ3n) is 7.80. The van der Waals surface area contributed by atoms with Gasteiger partial charge in [-0.05, 0) is 54.7 Å². The summed E-state index contributed by atoms with van der Waals surface area (Å²) in [4.78, 5) is 36.9. The second kappa shape index (κ2) is 11.9. The Bertz CT molecular complexity index is 1430. The minimum Gasteiger partial charge on any atom is -0.340 e. The quantitative estimate of drug-likeness (QED) is 0.291. The van der Waals surface area contributed by atoms with E-state index in [2.05, 4.69) is 58.7 Å². The Morgan fingerprint density at radius 3 is 2.12 bits per heavy atom. The number of carbonyl (C=O) groups is 2. The van der Waals surface area contributed by atoms with Crippen LogP contribution in [0, 0.1) is 0 Å². The first-order valence-electron chi connectivity index (χ1n) is 13.8. The second-order valence-electron chi connectivity index (χ2n) is 10.3. The van der Waals surface area contributed by atoms with Crippen molar-refractivity contribution in [3.8, 4) is 0 Å². The minimum atomic E-state index is -0.258. The number of amides is 2. The lowest BCUT2D eigenvalue weighted by molar-refractivity contribution is -0.135. The molecule has 1 aliphatic heterocycles. The maximum absolute atomic E-state index is 13.8. The first kappa shape index (κ1) is 26.7. The molecule has 1 aromatic heterocycles. The summed E-state index contributed by atoms with van der Waals surface area (Å²) in [5, 5.41) is 4.04. The molecule has 204 valence electrons. The number of hydrogen-bond donors (Lipinski definition) is 1. The van der Waals surface area contributed by atoms with Gasteiger partial charge in [0.25, 0.3) is 5.91 Å². The van der Waals surface area contributed by atoms with E-state index in [4.69, 9.17) is 16.6 Å². The maximum Gasteiger partial charge on any atom is 0.257 e. The molecular formula is C32H31ClN4O2S. The molecule has 6 nitrogen and oxygen atoms in total. The smallest absolute Gasteiger partial charge is 0.257 e. The molecule has 8 heteroatoms. The zero-order chi connectivity index (χ0) is 27.5. The van der Waals surface area contributed by atoms with Crippen molar-refractivity contribution < 1.29 is 9.59 Å². The van der Waals surface area contributed by atoms with Gasteiger partial charge in [0.1, 0.15) is 0 Å². The van der Waals surface area contributed by atoms with Crippen LogP contribution in [0.2, 0.25) is 5.02 Å². The Morgan fingerprint density at radius 2 is 1.50 bits per heavy atom. The number of rotatable bonds is 6. The average molecular weight is 571 g/mol. The fourth-order valence-electron chi connectivity index (χ4n) is 5.79. The van der Waals surface area contributed by atoms with Gasteiger partial charge in [0.2, 0.25) is 5.91 Å². The molecule has 0 bridgehead atoms. The van der Waals surface area contributed by atoms with Gasteiger partial charge in [-0.25, -0.2) is 4.98 Å². The third kappa shape index (κ3) is 5.68. The Balaban J connectivity index is 1.14. The van der Waals surface area contributed by atoms with Gasteiger partial charge in [-0.3, -0.25) is 19.8 Å². The Labute approximate surface area is 243 Å². The number of benzene rings is 3. The number of aromatic nitrogens is 1. The van der Waals surface area contributed by atoms with Crippen molar-refractivity contribution in [3.05, 3.63) is 117 Å². The highest BCUT2D eigenvalue weighted by Crippen LogP contribution is 2.38. The SMILES string of the molecule is O=C(Nc1nc2c(s1)CCCC2C(=O)N1CCN(C(c2ccccc2)c2ccccc2)CC1)c1ccc(Cl)cc1. The lowest BCUT2D eigenvalue weighted by atomic mass is 9.89. The topological polar surface area (TPSA) is 65.5 Å². The van der Waals surface area contributed by atoms with Crippen molar-refractivity contribution in [1.29, 1.82) is 0 Å². The molecule has 0 spiro atoms. The number of anilines is 1. The zero-order valence-electron chi connectivity index (χ0n) is 22.1. The van der Waals surface area contributed by atoms with E-state index in [0.29, 0.717) is 28.8 Å². The Morgan fingerprint density at radius 1 is 0.875 bits per heavy atom. The number of halogens is 1. The lowest BCUT2D eigenvalue weighted by Crippen LogP contribution is -2.51. The number of nitrogens with zero attached hydrogens (tertiary/aromatic N) is 3. The zero-order valence-corrected chi connectivity index (χ0v) is 23.7. The molecule has 1 N–H and O–H groups in total. The molecule has 0 radical (unpaired) electrons. The van der Waals surface area contributed by atoms with Gasteiger partial charge in [0, 0.05) is 41.6 Å². The largest absolute Gasteiger partial charge is 0.340 e. The van der Waals surface area contributed by atoms with E-state index in [0.717, 1.165) is 42.9 Å². The van der Waals surface area contributed by atoms with Gasteiger partial charge in [-0.2, -0.15) is 0 Å². The molecule has 1 aliphatic carbocycles. The third-order valence-corrected chi connectivity index (χ3v) is 9.10. The van der Waals surface area contributed by atoms with E-state index in [9.17, 15) is 9.59 Å². The van der Waals surface area contributed by atoms with Gasteiger partial charge in [-0.1, -0.05) is 72.3 Å². The maximum atomic E-state index is 13.8. The number of piperazine rings is 1. The molecule has 1 unspecified atom stereocenters. The summed E-state index contributed by atoms with van der Waals surface area (Å²) in [5.74, 6) is -0.336. The molecule has 4 aromatic rings. The van der Waals surface area contributed by atoms with Gasteiger partial charge in [-0.15, -0.1) is 11.3 Å². The van der Waals surface area contributed by atoms with Crippen LogP contribution < -0.4 is 5.32 Å². The molecule has 1 atom stereocenters. The van der Waals surface area contributed by atoms with Crippen LogP contribution in [0.15, 0.2) is 84.9 Å². The van der Waals surface area contributed by atoms with Crippen LogP contribution in [-0.2, 0) is 11.2 Å². The molecule has 2 aliphatic rings. The highest BCUT2D eigenvalue weighted by molar-refractivity contribution is 7.16. The second-order valence-corrected chi connectivity index (χ2v) is 11.8. The Kier molecular flexibility index (Phi) is 7.96. The molecule has 0 saturated carbocycles. The summed E-state index contributed by atoms with van der Waals surface area (Å²) in [6.07, 6.45) is 2.62. The number of carbonyl (C=O) groups excluding carboxylic acids is 2. The van der Waals surface area contributed by atoms with Crippen molar-refractivity contribution in [2.75, 3.05) is 31.5 Å². The van der Waals surface area contributed by atoms with E-state index in [1.807, 2.05) is 17.0 Å². The number of thiazole rings is 1. The van der Waals surface area contributed by atoms with Crippen molar-refractivity contribution in [2.45, 2.75) is 31.2 Å². The molecule has 1 saturated heterocycles. The molecule has 6 rings (SSSR count).